The molecular formula is C25H22FN5O3S. The number of hydrogen-bond acceptors (Lipinski definition) is 6. The summed E-state index contributed by atoms with van der Waals surface area (Å²) in [5.41, 5.74) is 1.70. The van der Waals surface area contributed by atoms with Crippen LogP contribution in [0, 0.1) is 5.82 Å². The molecule has 0 saturated carbocycles. The lowest BCUT2D eigenvalue weighted by atomic mass is 10.2. The van der Waals surface area contributed by atoms with Gasteiger partial charge < -0.3 is 15.4 Å². The van der Waals surface area contributed by atoms with Gasteiger partial charge in [-0.1, -0.05) is 42.1 Å². The maximum Gasteiger partial charge on any atom is 0.251 e. The first-order chi connectivity index (χ1) is 17.0. The number of ether oxygens (including phenoxy) is 1. The number of methoxy groups -OCH3 is 1. The molecule has 35 heavy (non-hydrogen) atoms. The predicted octanol–water partition coefficient (Wildman–Crippen LogP) is 4.08. The van der Waals surface area contributed by atoms with Gasteiger partial charge in [-0.05, 0) is 48.5 Å². The Morgan fingerprint density at radius 3 is 2.43 bits per heavy atom. The van der Waals surface area contributed by atoms with E-state index in [-0.39, 0.29) is 29.9 Å². The van der Waals surface area contributed by atoms with E-state index in [0.29, 0.717) is 33.7 Å². The molecule has 4 rings (SSSR count). The standard InChI is InChI=1S/C25H22FN5O3S/c1-34-21-10-6-5-9-20(21)31-22(15-27-24(33)17-7-3-2-4-8-17)29-30-25(31)35-16-23(32)28-19-13-11-18(26)12-14-19/h2-14H,15-16H2,1H3,(H,27,33)(H,28,32). The summed E-state index contributed by atoms with van der Waals surface area (Å²) in [6.07, 6.45) is 0. The van der Waals surface area contributed by atoms with Crippen molar-refractivity contribution in [3.63, 3.8) is 0 Å². The van der Waals surface area contributed by atoms with Crippen LogP contribution in [0.2, 0.25) is 0 Å². The Hall–Kier alpha value is -4.18. The van der Waals surface area contributed by atoms with Crippen LogP contribution in [0.15, 0.2) is 84.0 Å². The van der Waals surface area contributed by atoms with Gasteiger partial charge in [0.2, 0.25) is 5.91 Å². The summed E-state index contributed by atoms with van der Waals surface area (Å²) in [6.45, 7) is 0.112. The normalized spacial score (nSPS) is 10.6. The summed E-state index contributed by atoms with van der Waals surface area (Å²) in [5.74, 6) is 0.194. The second-order valence-electron chi connectivity index (χ2n) is 7.30. The second-order valence-corrected chi connectivity index (χ2v) is 8.24. The number of aromatic nitrogens is 3. The Labute approximate surface area is 205 Å². The quantitative estimate of drug-likeness (QED) is 0.343. The molecule has 0 atom stereocenters. The minimum atomic E-state index is -0.380. The molecule has 1 heterocycles. The molecule has 0 saturated heterocycles. The van der Waals surface area contributed by atoms with Gasteiger partial charge in [-0.25, -0.2) is 4.39 Å². The zero-order valence-electron chi connectivity index (χ0n) is 18.8. The number of nitrogens with one attached hydrogen (secondary N) is 2. The molecule has 2 N–H and O–H groups in total. The molecule has 0 aliphatic carbocycles. The van der Waals surface area contributed by atoms with E-state index in [1.54, 1.807) is 42.0 Å². The monoisotopic (exact) mass is 491 g/mol. The van der Waals surface area contributed by atoms with Crippen LogP contribution < -0.4 is 15.4 Å². The highest BCUT2D eigenvalue weighted by atomic mass is 32.2. The number of rotatable bonds is 9. The third kappa shape index (κ3) is 6.04. The molecule has 178 valence electrons. The van der Waals surface area contributed by atoms with E-state index in [1.165, 1.54) is 36.0 Å². The van der Waals surface area contributed by atoms with E-state index < -0.39 is 0 Å². The van der Waals surface area contributed by atoms with Crippen LogP contribution >= 0.6 is 11.8 Å². The van der Waals surface area contributed by atoms with Crippen molar-refractivity contribution in [1.29, 1.82) is 0 Å². The first-order valence-corrected chi connectivity index (χ1v) is 11.6. The summed E-state index contributed by atoms with van der Waals surface area (Å²) in [5, 5.41) is 14.5. The maximum absolute atomic E-state index is 13.1. The van der Waals surface area contributed by atoms with Gasteiger partial charge in [-0.3, -0.25) is 14.2 Å². The van der Waals surface area contributed by atoms with Gasteiger partial charge in [-0.15, -0.1) is 10.2 Å². The third-order valence-electron chi connectivity index (χ3n) is 4.93. The molecule has 0 aliphatic heterocycles. The Morgan fingerprint density at radius 2 is 1.69 bits per heavy atom. The molecule has 0 unspecified atom stereocenters. The number of benzene rings is 3. The van der Waals surface area contributed by atoms with E-state index in [0.717, 1.165) is 0 Å². The number of anilines is 1. The van der Waals surface area contributed by atoms with Crippen LogP contribution in [0.3, 0.4) is 0 Å². The first-order valence-electron chi connectivity index (χ1n) is 10.6. The van der Waals surface area contributed by atoms with Crippen LogP contribution in [0.4, 0.5) is 10.1 Å². The van der Waals surface area contributed by atoms with Crippen LogP contribution in [0.25, 0.3) is 5.69 Å². The van der Waals surface area contributed by atoms with Gasteiger partial charge in [-0.2, -0.15) is 0 Å². The van der Waals surface area contributed by atoms with Gasteiger partial charge >= 0.3 is 0 Å². The first kappa shape index (κ1) is 24.0. The number of para-hydroxylation sites is 2. The molecule has 1 aromatic heterocycles. The third-order valence-corrected chi connectivity index (χ3v) is 5.86. The van der Waals surface area contributed by atoms with Crippen LogP contribution in [0.1, 0.15) is 16.2 Å². The molecule has 2 amide bonds. The number of carbonyl (C=O) groups is 2. The van der Waals surface area contributed by atoms with E-state index >= 15 is 0 Å². The topological polar surface area (TPSA) is 98.1 Å². The summed E-state index contributed by atoms with van der Waals surface area (Å²) in [7, 11) is 1.56. The summed E-state index contributed by atoms with van der Waals surface area (Å²) in [4.78, 5) is 25.0. The number of hydrogen-bond donors (Lipinski definition) is 2. The average Bonchev–Trinajstić information content (AvgIpc) is 3.30. The van der Waals surface area contributed by atoms with Gasteiger partial charge in [0.1, 0.15) is 11.6 Å². The summed E-state index contributed by atoms with van der Waals surface area (Å²) < 4.78 is 20.4. The van der Waals surface area contributed by atoms with Crippen molar-refractivity contribution in [2.75, 3.05) is 18.2 Å². The Kier molecular flexibility index (Phi) is 7.74. The molecular weight excluding hydrogens is 469 g/mol. The van der Waals surface area contributed by atoms with Gasteiger partial charge in [0, 0.05) is 11.3 Å². The van der Waals surface area contributed by atoms with Crippen molar-refractivity contribution < 1.29 is 18.7 Å². The number of carbonyl (C=O) groups excluding carboxylic acids is 2. The largest absolute Gasteiger partial charge is 0.495 e. The zero-order chi connectivity index (χ0) is 24.6. The summed E-state index contributed by atoms with van der Waals surface area (Å²) >= 11 is 1.18. The summed E-state index contributed by atoms with van der Waals surface area (Å²) in [6, 6.07) is 21.7. The van der Waals surface area contributed by atoms with E-state index in [2.05, 4.69) is 20.8 Å². The molecule has 4 aromatic rings. The van der Waals surface area contributed by atoms with Crippen molar-refractivity contribution >= 4 is 29.3 Å². The number of amides is 2. The molecule has 8 nitrogen and oxygen atoms in total. The Bertz CT molecular complexity index is 1310. The predicted molar refractivity (Wildman–Crippen MR) is 131 cm³/mol. The highest BCUT2D eigenvalue weighted by Crippen LogP contribution is 2.28. The van der Waals surface area contributed by atoms with Crippen molar-refractivity contribution in [2.24, 2.45) is 0 Å². The van der Waals surface area contributed by atoms with Crippen molar-refractivity contribution in [1.82, 2.24) is 20.1 Å². The zero-order valence-corrected chi connectivity index (χ0v) is 19.6. The minimum absolute atomic E-state index is 0.0427. The maximum atomic E-state index is 13.1. The van der Waals surface area contributed by atoms with Gasteiger partial charge in [0.15, 0.2) is 11.0 Å². The van der Waals surface area contributed by atoms with Gasteiger partial charge in [0.25, 0.3) is 5.91 Å². The lowest BCUT2D eigenvalue weighted by molar-refractivity contribution is -0.113. The van der Waals surface area contributed by atoms with Crippen LogP contribution in [0.5, 0.6) is 5.75 Å². The van der Waals surface area contributed by atoms with E-state index in [9.17, 15) is 14.0 Å². The van der Waals surface area contributed by atoms with E-state index in [1.807, 2.05) is 24.3 Å². The van der Waals surface area contributed by atoms with Crippen LogP contribution in [-0.4, -0.2) is 39.4 Å². The lowest BCUT2D eigenvalue weighted by Gasteiger charge is -2.14. The molecule has 3 aromatic carbocycles. The molecule has 0 fully saturated rings. The van der Waals surface area contributed by atoms with Crippen LogP contribution in [-0.2, 0) is 11.3 Å². The highest BCUT2D eigenvalue weighted by molar-refractivity contribution is 7.99. The van der Waals surface area contributed by atoms with Crippen molar-refractivity contribution in [3.8, 4) is 11.4 Å². The lowest BCUT2D eigenvalue weighted by Crippen LogP contribution is -2.24. The fourth-order valence-electron chi connectivity index (χ4n) is 3.28. The SMILES string of the molecule is COc1ccccc1-n1c(CNC(=O)c2ccccc2)nnc1SCC(=O)Nc1ccc(F)cc1. The number of nitrogens with zero attached hydrogens (tertiary/aromatic N) is 3. The van der Waals surface area contributed by atoms with E-state index in [4.69, 9.17) is 4.74 Å². The van der Waals surface area contributed by atoms with Crippen molar-refractivity contribution in [3.05, 3.63) is 96.1 Å². The molecule has 0 radical (unpaired) electrons. The fourth-order valence-corrected chi connectivity index (χ4v) is 4.04. The molecule has 0 bridgehead atoms. The number of thioether (sulfide) groups is 1. The smallest absolute Gasteiger partial charge is 0.251 e. The minimum Gasteiger partial charge on any atom is -0.495 e. The average molecular weight is 492 g/mol. The Balaban J connectivity index is 1.53. The molecule has 0 spiro atoms. The molecule has 0 aliphatic rings. The van der Waals surface area contributed by atoms with Crippen molar-refractivity contribution in [2.45, 2.75) is 11.7 Å². The second kappa shape index (κ2) is 11.3. The molecule has 10 heteroatoms. The highest BCUT2D eigenvalue weighted by Gasteiger charge is 2.19. The Morgan fingerprint density at radius 1 is 0.971 bits per heavy atom. The van der Waals surface area contributed by atoms with Gasteiger partial charge in [0.05, 0.1) is 25.1 Å². The fraction of sp³-hybridized carbons (Fsp3) is 0.120. The number of halogens is 1.